The van der Waals surface area contributed by atoms with Crippen molar-refractivity contribution in [2.24, 2.45) is 0 Å². The second-order valence-electron chi connectivity index (χ2n) is 5.02. The Morgan fingerprint density at radius 3 is 2.43 bits per heavy atom. The first-order valence-corrected chi connectivity index (χ1v) is 8.43. The topological polar surface area (TPSA) is 29.1 Å². The van der Waals surface area contributed by atoms with Gasteiger partial charge in [0.05, 0.1) is 5.25 Å². The number of thioether (sulfide) groups is 1. The number of aryl methyl sites for hydroxylation is 2. The van der Waals surface area contributed by atoms with Gasteiger partial charge in [-0.05, 0) is 56.7 Å². The maximum absolute atomic E-state index is 12.3. The molecule has 0 bridgehead atoms. The zero-order valence-electron chi connectivity index (χ0n) is 12.3. The highest BCUT2D eigenvalue weighted by atomic mass is 79.9. The van der Waals surface area contributed by atoms with E-state index in [9.17, 15) is 4.79 Å². The summed E-state index contributed by atoms with van der Waals surface area (Å²) in [4.78, 5) is 13.4. The molecule has 0 aliphatic heterocycles. The molecule has 1 N–H and O–H groups in total. The standard InChI is InChI=1S/C17H18BrNOS/c1-11-4-7-15(8-5-11)21-13(3)17(20)19-16-9-6-14(18)10-12(16)2/h4-10,13H,1-3H3,(H,19,20)/t13-/m0/s1. The van der Waals surface area contributed by atoms with E-state index in [2.05, 4.69) is 52.4 Å². The smallest absolute Gasteiger partial charge is 0.237 e. The number of nitrogens with one attached hydrogen (secondary N) is 1. The quantitative estimate of drug-likeness (QED) is 0.757. The van der Waals surface area contributed by atoms with Gasteiger partial charge in [-0.15, -0.1) is 11.8 Å². The van der Waals surface area contributed by atoms with Crippen LogP contribution in [0.15, 0.2) is 51.8 Å². The molecular weight excluding hydrogens is 346 g/mol. The van der Waals surface area contributed by atoms with Gasteiger partial charge in [0.2, 0.25) is 5.91 Å². The second kappa shape index (κ2) is 7.14. The molecule has 2 aromatic rings. The van der Waals surface area contributed by atoms with Crippen LogP contribution in [-0.2, 0) is 4.79 Å². The molecule has 0 saturated heterocycles. The van der Waals surface area contributed by atoms with Gasteiger partial charge in [-0.25, -0.2) is 0 Å². The molecular formula is C17H18BrNOS. The summed E-state index contributed by atoms with van der Waals surface area (Å²) in [7, 11) is 0. The molecule has 0 aliphatic rings. The zero-order chi connectivity index (χ0) is 15.4. The summed E-state index contributed by atoms with van der Waals surface area (Å²) < 4.78 is 1.01. The minimum atomic E-state index is -0.143. The Morgan fingerprint density at radius 2 is 1.81 bits per heavy atom. The maximum Gasteiger partial charge on any atom is 0.237 e. The summed E-state index contributed by atoms with van der Waals surface area (Å²) in [5.41, 5.74) is 3.13. The highest BCUT2D eigenvalue weighted by molar-refractivity contribution is 9.10. The molecule has 2 aromatic carbocycles. The number of carbonyl (C=O) groups is 1. The normalized spacial score (nSPS) is 12.0. The summed E-state index contributed by atoms with van der Waals surface area (Å²) in [6.07, 6.45) is 0. The third-order valence-electron chi connectivity index (χ3n) is 3.15. The molecule has 0 aromatic heterocycles. The minimum Gasteiger partial charge on any atom is -0.325 e. The van der Waals surface area contributed by atoms with Crippen LogP contribution in [0.1, 0.15) is 18.1 Å². The average molecular weight is 364 g/mol. The Kier molecular flexibility index (Phi) is 5.48. The number of amides is 1. The lowest BCUT2D eigenvalue weighted by molar-refractivity contribution is -0.115. The van der Waals surface area contributed by atoms with Crippen molar-refractivity contribution in [3.8, 4) is 0 Å². The average Bonchev–Trinajstić information content (AvgIpc) is 2.44. The van der Waals surface area contributed by atoms with E-state index in [0.717, 1.165) is 20.6 Å². The Bertz CT molecular complexity index is 640. The number of anilines is 1. The molecule has 21 heavy (non-hydrogen) atoms. The van der Waals surface area contributed by atoms with Crippen LogP contribution < -0.4 is 5.32 Å². The van der Waals surface area contributed by atoms with Crippen molar-refractivity contribution in [2.75, 3.05) is 5.32 Å². The highest BCUT2D eigenvalue weighted by Gasteiger charge is 2.15. The molecule has 4 heteroatoms. The number of hydrogen-bond acceptors (Lipinski definition) is 2. The van der Waals surface area contributed by atoms with E-state index < -0.39 is 0 Å². The number of carbonyl (C=O) groups excluding carboxylic acids is 1. The van der Waals surface area contributed by atoms with Crippen LogP contribution in [0.25, 0.3) is 0 Å². The van der Waals surface area contributed by atoms with Crippen LogP contribution in [0, 0.1) is 13.8 Å². The van der Waals surface area contributed by atoms with Gasteiger partial charge >= 0.3 is 0 Å². The summed E-state index contributed by atoms with van der Waals surface area (Å²) in [6, 6.07) is 14.1. The molecule has 0 saturated carbocycles. The largest absolute Gasteiger partial charge is 0.325 e. The number of rotatable bonds is 4. The lowest BCUT2D eigenvalue weighted by atomic mass is 10.2. The molecule has 2 nitrogen and oxygen atoms in total. The van der Waals surface area contributed by atoms with Crippen molar-refractivity contribution in [1.82, 2.24) is 0 Å². The summed E-state index contributed by atoms with van der Waals surface area (Å²) >= 11 is 4.99. The van der Waals surface area contributed by atoms with Crippen LogP contribution in [-0.4, -0.2) is 11.2 Å². The minimum absolute atomic E-state index is 0.0194. The van der Waals surface area contributed by atoms with Crippen molar-refractivity contribution < 1.29 is 4.79 Å². The molecule has 0 fully saturated rings. The molecule has 110 valence electrons. The van der Waals surface area contributed by atoms with Gasteiger partial charge in [0.15, 0.2) is 0 Å². The molecule has 0 spiro atoms. The predicted octanol–water partition coefficient (Wildman–Crippen LogP) is 5.19. The molecule has 0 heterocycles. The Morgan fingerprint density at radius 1 is 1.14 bits per heavy atom. The fraction of sp³-hybridized carbons (Fsp3) is 0.235. The molecule has 0 unspecified atom stereocenters. The van der Waals surface area contributed by atoms with Gasteiger partial charge in [0.25, 0.3) is 0 Å². The first kappa shape index (κ1) is 16.1. The van der Waals surface area contributed by atoms with Gasteiger partial charge in [-0.1, -0.05) is 33.6 Å². The number of halogens is 1. The van der Waals surface area contributed by atoms with Gasteiger partial charge in [-0.3, -0.25) is 4.79 Å². The van der Waals surface area contributed by atoms with E-state index in [0.29, 0.717) is 0 Å². The van der Waals surface area contributed by atoms with E-state index in [1.54, 1.807) is 11.8 Å². The van der Waals surface area contributed by atoms with E-state index in [1.807, 2.05) is 32.0 Å². The van der Waals surface area contributed by atoms with E-state index in [4.69, 9.17) is 0 Å². The lowest BCUT2D eigenvalue weighted by Gasteiger charge is -2.14. The molecule has 0 aliphatic carbocycles. The number of benzene rings is 2. The number of hydrogen-bond donors (Lipinski definition) is 1. The maximum atomic E-state index is 12.3. The highest BCUT2D eigenvalue weighted by Crippen LogP contribution is 2.25. The van der Waals surface area contributed by atoms with Crippen molar-refractivity contribution in [1.29, 1.82) is 0 Å². The Hall–Kier alpha value is -1.26. The van der Waals surface area contributed by atoms with E-state index >= 15 is 0 Å². The summed E-state index contributed by atoms with van der Waals surface area (Å²) in [5, 5.41) is 2.85. The van der Waals surface area contributed by atoms with Crippen molar-refractivity contribution in [3.05, 3.63) is 58.1 Å². The van der Waals surface area contributed by atoms with Crippen molar-refractivity contribution in [3.63, 3.8) is 0 Å². The van der Waals surface area contributed by atoms with Crippen LogP contribution in [0.4, 0.5) is 5.69 Å². The van der Waals surface area contributed by atoms with Gasteiger partial charge < -0.3 is 5.32 Å². The van der Waals surface area contributed by atoms with Crippen molar-refractivity contribution in [2.45, 2.75) is 30.9 Å². The summed E-state index contributed by atoms with van der Waals surface area (Å²) in [5.74, 6) is 0.0194. The zero-order valence-corrected chi connectivity index (χ0v) is 14.7. The third-order valence-corrected chi connectivity index (χ3v) is 4.75. The SMILES string of the molecule is Cc1ccc(S[C@@H](C)C(=O)Nc2ccc(Br)cc2C)cc1. The van der Waals surface area contributed by atoms with E-state index in [-0.39, 0.29) is 11.2 Å². The fourth-order valence-electron chi connectivity index (χ4n) is 1.88. The monoisotopic (exact) mass is 363 g/mol. The van der Waals surface area contributed by atoms with Gasteiger partial charge in [-0.2, -0.15) is 0 Å². The van der Waals surface area contributed by atoms with Crippen LogP contribution in [0.3, 0.4) is 0 Å². The molecule has 2 rings (SSSR count). The first-order chi connectivity index (χ1) is 9.95. The third kappa shape index (κ3) is 4.61. The first-order valence-electron chi connectivity index (χ1n) is 6.76. The van der Waals surface area contributed by atoms with Crippen LogP contribution in [0.5, 0.6) is 0 Å². The van der Waals surface area contributed by atoms with E-state index in [1.165, 1.54) is 5.56 Å². The predicted molar refractivity (Wildman–Crippen MR) is 94.0 cm³/mol. The van der Waals surface area contributed by atoms with Gasteiger partial charge in [0.1, 0.15) is 0 Å². The van der Waals surface area contributed by atoms with Crippen LogP contribution in [0.2, 0.25) is 0 Å². The lowest BCUT2D eigenvalue weighted by Crippen LogP contribution is -2.22. The molecule has 1 amide bonds. The van der Waals surface area contributed by atoms with Crippen molar-refractivity contribution >= 4 is 39.3 Å². The Balaban J connectivity index is 2.00. The molecule has 0 radical (unpaired) electrons. The van der Waals surface area contributed by atoms with Gasteiger partial charge in [0, 0.05) is 15.1 Å². The fourth-order valence-corrected chi connectivity index (χ4v) is 3.22. The second-order valence-corrected chi connectivity index (χ2v) is 7.35. The van der Waals surface area contributed by atoms with Crippen LogP contribution >= 0.6 is 27.7 Å². The molecule has 1 atom stereocenters. The summed E-state index contributed by atoms with van der Waals surface area (Å²) in [6.45, 7) is 5.97. The Labute approximate surface area is 138 Å².